The molecule has 0 radical (unpaired) electrons. The van der Waals surface area contributed by atoms with Crippen LogP contribution >= 0.6 is 0 Å². The van der Waals surface area contributed by atoms with E-state index in [9.17, 15) is 19.8 Å². The SMILES string of the molecule is CCCC/C=C\C/C=C\CCCCCCCC(=O)OCCCCCCCCCCCCCCCCCCCCC(=O)NC(CO)C(O)CCCCCCCCCCCCCCCC. The molecule has 0 aromatic carbocycles. The van der Waals surface area contributed by atoms with Gasteiger partial charge in [0, 0.05) is 12.8 Å². The molecule has 372 valence electrons. The van der Waals surface area contributed by atoms with Gasteiger partial charge in [-0.25, -0.2) is 0 Å². The van der Waals surface area contributed by atoms with Crippen LogP contribution in [0.2, 0.25) is 0 Å². The molecule has 1 amide bonds. The Morgan fingerprint density at radius 1 is 0.444 bits per heavy atom. The highest BCUT2D eigenvalue weighted by Crippen LogP contribution is 2.17. The van der Waals surface area contributed by atoms with Crippen molar-refractivity contribution >= 4 is 11.9 Å². The highest BCUT2D eigenvalue weighted by atomic mass is 16.5. The molecule has 0 aliphatic rings. The first-order valence-corrected chi connectivity index (χ1v) is 28.1. The summed E-state index contributed by atoms with van der Waals surface area (Å²) in [6.07, 6.45) is 63.0. The monoisotopic (exact) mass is 888 g/mol. The number of unbranched alkanes of at least 4 members (excludes halogenated alkanes) is 37. The summed E-state index contributed by atoms with van der Waals surface area (Å²) in [5.41, 5.74) is 0. The first-order valence-electron chi connectivity index (χ1n) is 28.1. The van der Waals surface area contributed by atoms with E-state index in [0.29, 0.717) is 25.9 Å². The van der Waals surface area contributed by atoms with Crippen molar-refractivity contribution < 1.29 is 24.5 Å². The van der Waals surface area contributed by atoms with Crippen molar-refractivity contribution in [2.45, 2.75) is 315 Å². The number of nitrogens with one attached hydrogen (secondary N) is 1. The van der Waals surface area contributed by atoms with Crippen molar-refractivity contribution in [3.05, 3.63) is 24.3 Å². The lowest BCUT2D eigenvalue weighted by Gasteiger charge is -2.22. The van der Waals surface area contributed by atoms with Crippen molar-refractivity contribution in [3.63, 3.8) is 0 Å². The topological polar surface area (TPSA) is 95.9 Å². The first kappa shape index (κ1) is 61.3. The number of rotatable bonds is 52. The number of carbonyl (C=O) groups is 2. The van der Waals surface area contributed by atoms with Gasteiger partial charge in [-0.3, -0.25) is 9.59 Å². The average Bonchev–Trinajstić information content (AvgIpc) is 3.28. The highest BCUT2D eigenvalue weighted by Gasteiger charge is 2.20. The summed E-state index contributed by atoms with van der Waals surface area (Å²) in [5, 5.41) is 23.2. The molecule has 63 heavy (non-hydrogen) atoms. The van der Waals surface area contributed by atoms with Crippen LogP contribution in [0.15, 0.2) is 24.3 Å². The number of esters is 1. The maximum Gasteiger partial charge on any atom is 0.305 e. The van der Waals surface area contributed by atoms with Gasteiger partial charge in [-0.15, -0.1) is 0 Å². The molecular formula is C57H109NO5. The van der Waals surface area contributed by atoms with Crippen LogP contribution < -0.4 is 5.32 Å². The summed E-state index contributed by atoms with van der Waals surface area (Å²) in [6, 6.07) is -0.544. The van der Waals surface area contributed by atoms with Crippen LogP contribution in [0.3, 0.4) is 0 Å². The second kappa shape index (κ2) is 53.0. The van der Waals surface area contributed by atoms with Crippen molar-refractivity contribution in [3.8, 4) is 0 Å². The Hall–Kier alpha value is -1.66. The molecule has 0 saturated carbocycles. The van der Waals surface area contributed by atoms with Gasteiger partial charge in [0.1, 0.15) is 0 Å². The Morgan fingerprint density at radius 3 is 1.25 bits per heavy atom. The minimum absolute atomic E-state index is 0.00719. The molecule has 0 heterocycles. The van der Waals surface area contributed by atoms with Crippen molar-refractivity contribution in [1.29, 1.82) is 0 Å². The van der Waals surface area contributed by atoms with Crippen LogP contribution in [-0.2, 0) is 14.3 Å². The van der Waals surface area contributed by atoms with Crippen LogP contribution in [0.5, 0.6) is 0 Å². The van der Waals surface area contributed by atoms with Gasteiger partial charge >= 0.3 is 5.97 Å². The zero-order chi connectivity index (χ0) is 45.8. The second-order valence-corrected chi connectivity index (χ2v) is 19.3. The molecule has 0 aliphatic carbocycles. The quantitative estimate of drug-likeness (QED) is 0.0321. The van der Waals surface area contributed by atoms with Gasteiger partial charge < -0.3 is 20.3 Å². The van der Waals surface area contributed by atoms with Crippen LogP contribution in [0, 0.1) is 0 Å². The highest BCUT2D eigenvalue weighted by molar-refractivity contribution is 5.76. The largest absolute Gasteiger partial charge is 0.466 e. The molecule has 6 nitrogen and oxygen atoms in total. The molecule has 0 aromatic rings. The van der Waals surface area contributed by atoms with E-state index in [2.05, 4.69) is 43.5 Å². The molecule has 2 unspecified atom stereocenters. The normalized spacial score (nSPS) is 12.8. The average molecular weight is 889 g/mol. The van der Waals surface area contributed by atoms with Crippen molar-refractivity contribution in [2.75, 3.05) is 13.2 Å². The molecule has 3 N–H and O–H groups in total. The molecule has 0 aliphatic heterocycles. The minimum atomic E-state index is -0.666. The lowest BCUT2D eigenvalue weighted by molar-refractivity contribution is -0.143. The second-order valence-electron chi connectivity index (χ2n) is 19.3. The van der Waals surface area contributed by atoms with Gasteiger partial charge in [0.05, 0.1) is 25.4 Å². The molecule has 0 rings (SSSR count). The Labute approximate surface area is 392 Å². The Morgan fingerprint density at radius 2 is 0.810 bits per heavy atom. The molecule has 0 bridgehead atoms. The number of hydrogen-bond donors (Lipinski definition) is 3. The van der Waals surface area contributed by atoms with Gasteiger partial charge in [-0.1, -0.05) is 263 Å². The fraction of sp³-hybridized carbons (Fsp3) is 0.895. The van der Waals surface area contributed by atoms with Crippen LogP contribution in [-0.4, -0.2) is 47.4 Å². The molecular weight excluding hydrogens is 779 g/mol. The minimum Gasteiger partial charge on any atom is -0.466 e. The Bertz CT molecular complexity index is 982. The van der Waals surface area contributed by atoms with E-state index in [1.807, 2.05) is 0 Å². The number of ether oxygens (including phenoxy) is 1. The van der Waals surface area contributed by atoms with Crippen molar-refractivity contribution in [2.24, 2.45) is 0 Å². The third-order valence-corrected chi connectivity index (χ3v) is 13.0. The summed E-state index contributed by atoms with van der Waals surface area (Å²) < 4.78 is 5.46. The fourth-order valence-electron chi connectivity index (χ4n) is 8.66. The zero-order valence-electron chi connectivity index (χ0n) is 42.3. The molecule has 0 spiro atoms. The number of aliphatic hydroxyl groups excluding tert-OH is 2. The maximum atomic E-state index is 12.5. The predicted octanol–water partition coefficient (Wildman–Crippen LogP) is 17.1. The lowest BCUT2D eigenvalue weighted by Crippen LogP contribution is -2.45. The Kier molecular flexibility index (Phi) is 51.6. The predicted molar refractivity (Wildman–Crippen MR) is 273 cm³/mol. The zero-order valence-corrected chi connectivity index (χ0v) is 42.3. The van der Waals surface area contributed by atoms with E-state index >= 15 is 0 Å². The van der Waals surface area contributed by atoms with E-state index in [-0.39, 0.29) is 18.5 Å². The van der Waals surface area contributed by atoms with Gasteiger partial charge in [0.2, 0.25) is 5.91 Å². The van der Waals surface area contributed by atoms with Crippen LogP contribution in [0.1, 0.15) is 303 Å². The Balaban J connectivity index is 3.41. The number of allylic oxidation sites excluding steroid dienone is 4. The van der Waals surface area contributed by atoms with E-state index < -0.39 is 12.1 Å². The molecule has 2 atom stereocenters. The number of hydrogen-bond acceptors (Lipinski definition) is 5. The molecule has 6 heteroatoms. The third kappa shape index (κ3) is 49.6. The van der Waals surface area contributed by atoms with E-state index in [1.54, 1.807) is 0 Å². The third-order valence-electron chi connectivity index (χ3n) is 13.0. The van der Waals surface area contributed by atoms with E-state index in [1.165, 1.54) is 218 Å². The first-order chi connectivity index (χ1) is 31.0. The van der Waals surface area contributed by atoms with Gasteiger partial charge in [0.15, 0.2) is 0 Å². The lowest BCUT2D eigenvalue weighted by atomic mass is 10.0. The number of amides is 1. The van der Waals surface area contributed by atoms with E-state index in [4.69, 9.17) is 4.74 Å². The standard InChI is InChI=1S/C57H109NO5/c1-3-5-7-9-11-13-15-17-25-29-33-37-41-45-49-55(60)54(53-59)58-56(61)50-46-42-38-34-30-26-23-21-19-20-22-24-28-32-36-40-44-48-52-63-57(62)51-47-43-39-35-31-27-18-16-14-12-10-8-6-4-2/h10,12,16,18,54-55,59-60H,3-9,11,13-15,17,19-53H2,1-2H3,(H,58,61)/b12-10-,18-16-. The summed E-state index contributed by atoms with van der Waals surface area (Å²) >= 11 is 0. The molecule has 0 aromatic heterocycles. The molecule has 0 saturated heterocycles. The summed E-state index contributed by atoms with van der Waals surface area (Å²) in [5.74, 6) is -0.0457. The maximum absolute atomic E-state index is 12.5. The summed E-state index contributed by atoms with van der Waals surface area (Å²) in [7, 11) is 0. The molecule has 0 fully saturated rings. The van der Waals surface area contributed by atoms with Gasteiger partial charge in [-0.05, 0) is 51.4 Å². The van der Waals surface area contributed by atoms with E-state index in [0.717, 1.165) is 51.4 Å². The smallest absolute Gasteiger partial charge is 0.305 e. The summed E-state index contributed by atoms with van der Waals surface area (Å²) in [6.45, 7) is 4.90. The van der Waals surface area contributed by atoms with Gasteiger partial charge in [0.25, 0.3) is 0 Å². The summed E-state index contributed by atoms with van der Waals surface area (Å²) in [4.78, 5) is 24.5. The number of aliphatic hydroxyl groups is 2. The van der Waals surface area contributed by atoms with Gasteiger partial charge in [-0.2, -0.15) is 0 Å². The van der Waals surface area contributed by atoms with Crippen LogP contribution in [0.25, 0.3) is 0 Å². The van der Waals surface area contributed by atoms with Crippen molar-refractivity contribution in [1.82, 2.24) is 5.32 Å². The van der Waals surface area contributed by atoms with Crippen LogP contribution in [0.4, 0.5) is 0 Å². The fourth-order valence-corrected chi connectivity index (χ4v) is 8.66. The number of carbonyl (C=O) groups excluding carboxylic acids is 2.